The van der Waals surface area contributed by atoms with Crippen LogP contribution in [0.15, 0.2) is 47.6 Å². The van der Waals surface area contributed by atoms with E-state index < -0.39 is 10.0 Å². The van der Waals surface area contributed by atoms with E-state index in [1.54, 1.807) is 35.5 Å². The minimum Gasteiger partial charge on any atom is -0.312 e. The Bertz CT molecular complexity index is 1270. The first-order chi connectivity index (χ1) is 14.9. The molecular weight excluding hydrogens is 412 g/mol. The molecule has 0 bridgehead atoms. The zero-order chi connectivity index (χ0) is 21.8. The molecule has 0 unspecified atom stereocenters. The third kappa shape index (κ3) is 3.34. The van der Waals surface area contributed by atoms with Crippen LogP contribution in [0.1, 0.15) is 36.8 Å². The standard InChI is InChI=1S/C23H26N4O3S/c1-16(28)26-13-9-18-14-19(5-6-22(18)26)31(29,30)27-15-21(17-7-11-25(2)12-8-17)20-4-3-10-24-23(20)27/h3-6,10,14-15,17H,7-9,11-13H2,1-2H3. The number of likely N-dealkylation sites (tertiary alicyclic amines) is 1. The molecule has 2 aliphatic rings. The Morgan fingerprint density at radius 3 is 2.65 bits per heavy atom. The van der Waals surface area contributed by atoms with E-state index >= 15 is 0 Å². The second kappa shape index (κ2) is 7.46. The van der Waals surface area contributed by atoms with Gasteiger partial charge in [0.05, 0.1) is 4.90 Å². The van der Waals surface area contributed by atoms with Crippen LogP contribution in [0, 0.1) is 0 Å². The minimum absolute atomic E-state index is 0.0299. The summed E-state index contributed by atoms with van der Waals surface area (Å²) in [6.45, 7) is 4.12. The van der Waals surface area contributed by atoms with Crippen LogP contribution in [0.25, 0.3) is 11.0 Å². The van der Waals surface area contributed by atoms with Gasteiger partial charge >= 0.3 is 0 Å². The molecule has 3 aromatic rings. The predicted octanol–water partition coefficient (Wildman–Crippen LogP) is 2.99. The average molecular weight is 439 g/mol. The van der Waals surface area contributed by atoms with E-state index in [1.165, 1.54) is 10.9 Å². The van der Waals surface area contributed by atoms with Gasteiger partial charge in [-0.05, 0) is 86.8 Å². The molecule has 0 saturated carbocycles. The number of carbonyl (C=O) groups excluding carboxylic acids is 1. The van der Waals surface area contributed by atoms with Crippen LogP contribution in [0.3, 0.4) is 0 Å². The van der Waals surface area contributed by atoms with E-state index in [-0.39, 0.29) is 10.8 Å². The molecule has 4 heterocycles. The van der Waals surface area contributed by atoms with E-state index in [4.69, 9.17) is 0 Å². The van der Waals surface area contributed by atoms with Crippen molar-refractivity contribution in [2.24, 2.45) is 0 Å². The van der Waals surface area contributed by atoms with Crippen LogP contribution < -0.4 is 4.90 Å². The van der Waals surface area contributed by atoms with Crippen LogP contribution in [0.5, 0.6) is 0 Å². The molecule has 0 atom stereocenters. The maximum atomic E-state index is 13.6. The van der Waals surface area contributed by atoms with Crippen molar-refractivity contribution in [3.8, 4) is 0 Å². The molecule has 162 valence electrons. The van der Waals surface area contributed by atoms with Gasteiger partial charge in [-0.2, -0.15) is 0 Å². The second-order valence-corrected chi connectivity index (χ2v) is 10.4. The van der Waals surface area contributed by atoms with E-state index in [9.17, 15) is 13.2 Å². The number of hydrogen-bond donors (Lipinski definition) is 0. The lowest BCUT2D eigenvalue weighted by Crippen LogP contribution is -2.29. The van der Waals surface area contributed by atoms with Crippen LogP contribution in [0.2, 0.25) is 0 Å². The molecule has 2 aromatic heterocycles. The summed E-state index contributed by atoms with van der Waals surface area (Å²) in [7, 11) is -1.70. The van der Waals surface area contributed by atoms with Gasteiger partial charge in [-0.15, -0.1) is 0 Å². The number of fused-ring (bicyclic) bond motifs is 2. The summed E-state index contributed by atoms with van der Waals surface area (Å²) in [5, 5.41) is 0.907. The topological polar surface area (TPSA) is 75.5 Å². The first-order valence-electron chi connectivity index (χ1n) is 10.7. The van der Waals surface area contributed by atoms with Gasteiger partial charge in [0.1, 0.15) is 0 Å². The molecular formula is C23H26N4O3S. The Balaban J connectivity index is 1.59. The number of anilines is 1. The maximum Gasteiger partial charge on any atom is 0.269 e. The van der Waals surface area contributed by atoms with E-state index in [0.717, 1.165) is 48.1 Å². The monoisotopic (exact) mass is 438 g/mol. The third-order valence-electron chi connectivity index (χ3n) is 6.60. The number of nitrogens with zero attached hydrogens (tertiary/aromatic N) is 4. The van der Waals surface area contributed by atoms with E-state index in [1.807, 2.05) is 12.1 Å². The molecule has 1 saturated heterocycles. The minimum atomic E-state index is -3.81. The molecule has 2 aliphatic heterocycles. The first-order valence-corrected chi connectivity index (χ1v) is 12.1. The van der Waals surface area contributed by atoms with Gasteiger partial charge in [0, 0.05) is 36.9 Å². The van der Waals surface area contributed by atoms with Crippen LogP contribution in [-0.2, 0) is 21.2 Å². The van der Waals surface area contributed by atoms with Crippen molar-refractivity contribution in [2.45, 2.75) is 37.0 Å². The highest BCUT2D eigenvalue weighted by Gasteiger charge is 2.29. The Labute approximate surface area is 182 Å². The van der Waals surface area contributed by atoms with Crippen molar-refractivity contribution in [2.75, 3.05) is 31.6 Å². The summed E-state index contributed by atoms with van der Waals surface area (Å²) in [5.41, 5.74) is 3.22. The lowest BCUT2D eigenvalue weighted by molar-refractivity contribution is -0.116. The zero-order valence-electron chi connectivity index (χ0n) is 17.8. The van der Waals surface area contributed by atoms with Crippen molar-refractivity contribution in [1.29, 1.82) is 0 Å². The van der Waals surface area contributed by atoms with Crippen LogP contribution in [-0.4, -0.2) is 54.9 Å². The Morgan fingerprint density at radius 2 is 1.90 bits per heavy atom. The summed E-state index contributed by atoms with van der Waals surface area (Å²) in [6.07, 6.45) is 6.08. The van der Waals surface area contributed by atoms with Gasteiger partial charge in [-0.25, -0.2) is 17.4 Å². The lowest BCUT2D eigenvalue weighted by Gasteiger charge is -2.28. The second-order valence-electron chi connectivity index (χ2n) is 8.55. The predicted molar refractivity (Wildman–Crippen MR) is 120 cm³/mol. The van der Waals surface area contributed by atoms with E-state index in [2.05, 4.69) is 16.9 Å². The Kier molecular flexibility index (Phi) is 4.86. The molecule has 7 nitrogen and oxygen atoms in total. The SMILES string of the molecule is CC(=O)N1CCc2cc(S(=O)(=O)n3cc(C4CCN(C)CC4)c4cccnc43)ccc21. The van der Waals surface area contributed by atoms with Gasteiger partial charge in [0.2, 0.25) is 5.91 Å². The fraction of sp³-hybridized carbons (Fsp3) is 0.391. The first kappa shape index (κ1) is 20.2. The average Bonchev–Trinajstić information content (AvgIpc) is 3.36. The van der Waals surface area contributed by atoms with Gasteiger partial charge in [0.25, 0.3) is 10.0 Å². The highest BCUT2D eigenvalue weighted by Crippen LogP contribution is 2.36. The fourth-order valence-corrected chi connectivity index (χ4v) is 6.25. The van der Waals surface area contributed by atoms with Gasteiger partial charge in [0.15, 0.2) is 5.65 Å². The number of pyridine rings is 1. The largest absolute Gasteiger partial charge is 0.312 e. The van der Waals surface area contributed by atoms with Crippen molar-refractivity contribution >= 4 is 32.7 Å². The number of piperidine rings is 1. The Hall–Kier alpha value is -2.71. The molecule has 1 aromatic carbocycles. The molecule has 0 aliphatic carbocycles. The van der Waals surface area contributed by atoms with Crippen LogP contribution in [0.4, 0.5) is 5.69 Å². The van der Waals surface area contributed by atoms with Crippen molar-refractivity contribution in [3.05, 3.63) is 53.9 Å². The highest BCUT2D eigenvalue weighted by atomic mass is 32.2. The third-order valence-corrected chi connectivity index (χ3v) is 8.25. The number of hydrogen-bond acceptors (Lipinski definition) is 5. The summed E-state index contributed by atoms with van der Waals surface area (Å²) < 4.78 is 28.6. The number of benzene rings is 1. The quantitative estimate of drug-likeness (QED) is 0.628. The van der Waals surface area contributed by atoms with Crippen molar-refractivity contribution in [1.82, 2.24) is 13.9 Å². The summed E-state index contributed by atoms with van der Waals surface area (Å²) in [6, 6.07) is 8.88. The summed E-state index contributed by atoms with van der Waals surface area (Å²) >= 11 is 0. The number of rotatable bonds is 3. The summed E-state index contributed by atoms with van der Waals surface area (Å²) in [5.74, 6) is 0.293. The molecule has 5 rings (SSSR count). The molecule has 8 heteroatoms. The normalized spacial score (nSPS) is 17.9. The molecule has 1 fully saturated rings. The fourth-order valence-electron chi connectivity index (χ4n) is 4.86. The maximum absolute atomic E-state index is 13.6. The number of aromatic nitrogens is 2. The number of amides is 1. The van der Waals surface area contributed by atoms with Gasteiger partial charge < -0.3 is 9.80 Å². The molecule has 31 heavy (non-hydrogen) atoms. The summed E-state index contributed by atoms with van der Waals surface area (Å²) in [4.78, 5) is 20.5. The van der Waals surface area contributed by atoms with Crippen LogP contribution >= 0.6 is 0 Å². The molecule has 0 N–H and O–H groups in total. The Morgan fingerprint density at radius 1 is 1.13 bits per heavy atom. The van der Waals surface area contributed by atoms with E-state index in [0.29, 0.717) is 24.5 Å². The van der Waals surface area contributed by atoms with Gasteiger partial charge in [-0.1, -0.05) is 0 Å². The van der Waals surface area contributed by atoms with Crippen molar-refractivity contribution < 1.29 is 13.2 Å². The molecule has 1 amide bonds. The highest BCUT2D eigenvalue weighted by molar-refractivity contribution is 7.90. The molecule has 0 spiro atoms. The lowest BCUT2D eigenvalue weighted by atomic mass is 9.90. The molecule has 0 radical (unpaired) electrons. The van der Waals surface area contributed by atoms with Crippen molar-refractivity contribution in [3.63, 3.8) is 0 Å². The smallest absolute Gasteiger partial charge is 0.269 e. The van der Waals surface area contributed by atoms with Gasteiger partial charge in [-0.3, -0.25) is 4.79 Å². The number of carbonyl (C=O) groups is 1. The zero-order valence-corrected chi connectivity index (χ0v) is 18.6.